The fourth-order valence-corrected chi connectivity index (χ4v) is 4.65. The second-order valence-corrected chi connectivity index (χ2v) is 8.06. The van der Waals surface area contributed by atoms with E-state index in [1.165, 1.54) is 22.5 Å². The summed E-state index contributed by atoms with van der Waals surface area (Å²) in [5.41, 5.74) is 2.53. The van der Waals surface area contributed by atoms with Gasteiger partial charge in [0, 0.05) is 19.6 Å². The van der Waals surface area contributed by atoms with Crippen LogP contribution in [0.4, 0.5) is 0 Å². The summed E-state index contributed by atoms with van der Waals surface area (Å²) in [6.07, 6.45) is 5.76. The van der Waals surface area contributed by atoms with Gasteiger partial charge in [-0.2, -0.15) is 0 Å². The smallest absolute Gasteiger partial charge is 0.264 e. The number of thiophene rings is 1. The van der Waals surface area contributed by atoms with Gasteiger partial charge < -0.3 is 9.80 Å². The Hall–Kier alpha value is -2.40. The van der Waals surface area contributed by atoms with E-state index in [1.54, 1.807) is 4.90 Å². The van der Waals surface area contributed by atoms with E-state index in [0.717, 1.165) is 37.1 Å². The molecule has 2 aromatic rings. The number of rotatable bonds is 3. The lowest BCUT2D eigenvalue weighted by atomic mass is 9.97. The van der Waals surface area contributed by atoms with Gasteiger partial charge in [0.2, 0.25) is 5.91 Å². The van der Waals surface area contributed by atoms with Crippen molar-refractivity contribution in [2.45, 2.75) is 31.7 Å². The number of likely N-dealkylation sites (tertiary alicyclic amines) is 1. The third kappa shape index (κ3) is 3.83. The van der Waals surface area contributed by atoms with Crippen molar-refractivity contribution in [3.8, 4) is 0 Å². The molecule has 1 unspecified atom stereocenters. The molecule has 4 rings (SSSR count). The maximum Gasteiger partial charge on any atom is 0.264 e. The van der Waals surface area contributed by atoms with Crippen LogP contribution in [-0.2, 0) is 4.79 Å². The maximum atomic E-state index is 13.2. The van der Waals surface area contributed by atoms with Crippen LogP contribution in [0, 0.1) is 0 Å². The van der Waals surface area contributed by atoms with Gasteiger partial charge in [0.1, 0.15) is 6.04 Å². The molecule has 1 aromatic heterocycles. The number of amides is 2. The number of hydrogen-bond donors (Lipinski definition) is 0. The molecule has 0 saturated carbocycles. The molecule has 1 atom stereocenters. The van der Waals surface area contributed by atoms with Crippen LogP contribution in [0.3, 0.4) is 0 Å². The molecule has 0 radical (unpaired) electrons. The Morgan fingerprint density at radius 3 is 2.56 bits per heavy atom. The Kier molecular flexibility index (Phi) is 5.39. The van der Waals surface area contributed by atoms with Gasteiger partial charge in [0.25, 0.3) is 5.91 Å². The Labute approximate surface area is 164 Å². The summed E-state index contributed by atoms with van der Waals surface area (Å²) in [6.45, 7) is 2.02. The normalized spacial score (nSPS) is 20.3. The first-order valence-electron chi connectivity index (χ1n) is 9.62. The predicted octanol–water partition coefficient (Wildman–Crippen LogP) is 4.06. The summed E-state index contributed by atoms with van der Waals surface area (Å²) in [7, 11) is 0. The molecule has 0 bridgehead atoms. The number of piperidine rings is 1. The fraction of sp³-hybridized carbons (Fsp3) is 0.364. The highest BCUT2D eigenvalue weighted by Crippen LogP contribution is 2.26. The number of carbonyl (C=O) groups is 2. The van der Waals surface area contributed by atoms with Crippen LogP contribution >= 0.6 is 11.3 Å². The Bertz CT molecular complexity index is 829. The van der Waals surface area contributed by atoms with E-state index in [9.17, 15) is 9.59 Å². The highest BCUT2D eigenvalue weighted by atomic mass is 32.1. The van der Waals surface area contributed by atoms with Crippen molar-refractivity contribution in [2.75, 3.05) is 19.6 Å². The minimum atomic E-state index is -0.319. The van der Waals surface area contributed by atoms with Crippen LogP contribution < -0.4 is 0 Å². The summed E-state index contributed by atoms with van der Waals surface area (Å²) in [5.74, 6) is 0.101. The molecule has 5 heteroatoms. The topological polar surface area (TPSA) is 40.6 Å². The molecule has 0 spiro atoms. The number of benzene rings is 1. The van der Waals surface area contributed by atoms with Crippen molar-refractivity contribution in [1.82, 2.24) is 9.80 Å². The average molecular weight is 381 g/mol. The Balaban J connectivity index is 1.46. The van der Waals surface area contributed by atoms with E-state index in [2.05, 4.69) is 18.2 Å². The van der Waals surface area contributed by atoms with E-state index < -0.39 is 0 Å². The summed E-state index contributed by atoms with van der Waals surface area (Å²) < 4.78 is 0. The molecular formula is C22H24N2O2S. The molecule has 0 aliphatic carbocycles. The van der Waals surface area contributed by atoms with Crippen molar-refractivity contribution in [3.63, 3.8) is 0 Å². The minimum absolute atomic E-state index is 0.000533. The zero-order chi connectivity index (χ0) is 18.6. The van der Waals surface area contributed by atoms with Gasteiger partial charge in [-0.25, -0.2) is 0 Å². The van der Waals surface area contributed by atoms with Crippen molar-refractivity contribution < 1.29 is 9.59 Å². The third-order valence-corrected chi connectivity index (χ3v) is 6.30. The van der Waals surface area contributed by atoms with Crippen LogP contribution in [0.15, 0.2) is 53.9 Å². The third-order valence-electron chi connectivity index (χ3n) is 5.45. The maximum absolute atomic E-state index is 13.2. The van der Waals surface area contributed by atoms with Gasteiger partial charge in [-0.15, -0.1) is 11.3 Å². The molecule has 1 fully saturated rings. The summed E-state index contributed by atoms with van der Waals surface area (Å²) in [4.78, 5) is 30.5. The van der Waals surface area contributed by atoms with Gasteiger partial charge >= 0.3 is 0 Å². The molecule has 140 valence electrons. The van der Waals surface area contributed by atoms with Gasteiger partial charge in [0.05, 0.1) is 4.88 Å². The molecule has 3 heterocycles. The van der Waals surface area contributed by atoms with Crippen molar-refractivity contribution in [1.29, 1.82) is 0 Å². The van der Waals surface area contributed by atoms with Crippen molar-refractivity contribution in [2.24, 2.45) is 0 Å². The Morgan fingerprint density at radius 2 is 1.85 bits per heavy atom. The molecule has 2 amide bonds. The second-order valence-electron chi connectivity index (χ2n) is 7.12. The van der Waals surface area contributed by atoms with Crippen molar-refractivity contribution >= 4 is 28.7 Å². The van der Waals surface area contributed by atoms with Crippen LogP contribution in [0.25, 0.3) is 5.57 Å². The van der Waals surface area contributed by atoms with E-state index >= 15 is 0 Å². The highest BCUT2D eigenvalue weighted by Gasteiger charge is 2.35. The molecule has 27 heavy (non-hydrogen) atoms. The monoisotopic (exact) mass is 380 g/mol. The largest absolute Gasteiger partial charge is 0.337 e. The van der Waals surface area contributed by atoms with Crippen LogP contribution in [0.1, 0.15) is 40.9 Å². The lowest BCUT2D eigenvalue weighted by Gasteiger charge is -2.38. The number of nitrogens with zero attached hydrogens (tertiary/aromatic N) is 2. The van der Waals surface area contributed by atoms with E-state index in [4.69, 9.17) is 0 Å². The zero-order valence-electron chi connectivity index (χ0n) is 15.3. The summed E-state index contributed by atoms with van der Waals surface area (Å²) in [5, 5.41) is 1.91. The van der Waals surface area contributed by atoms with Crippen molar-refractivity contribution in [3.05, 3.63) is 64.4 Å². The first-order chi connectivity index (χ1) is 13.2. The number of carbonyl (C=O) groups excluding carboxylic acids is 2. The molecule has 2 aliphatic rings. The zero-order valence-corrected chi connectivity index (χ0v) is 16.2. The predicted molar refractivity (Wildman–Crippen MR) is 109 cm³/mol. The first kappa shape index (κ1) is 18.0. The first-order valence-corrected chi connectivity index (χ1v) is 10.5. The van der Waals surface area contributed by atoms with E-state index in [0.29, 0.717) is 13.1 Å². The van der Waals surface area contributed by atoms with E-state index in [1.807, 2.05) is 40.6 Å². The SMILES string of the molecule is O=C(C1CCCCN1C(=O)c1cccs1)N1CC=C(c2ccccc2)CC1. The van der Waals surface area contributed by atoms with Crippen LogP contribution in [0.5, 0.6) is 0 Å². The molecule has 0 N–H and O–H groups in total. The molecule has 1 aromatic carbocycles. The summed E-state index contributed by atoms with van der Waals surface area (Å²) in [6, 6.07) is 13.8. The fourth-order valence-electron chi connectivity index (χ4n) is 3.97. The van der Waals surface area contributed by atoms with Gasteiger partial charge in [0.15, 0.2) is 0 Å². The van der Waals surface area contributed by atoms with E-state index in [-0.39, 0.29) is 17.9 Å². The molecule has 4 nitrogen and oxygen atoms in total. The second kappa shape index (κ2) is 8.09. The quantitative estimate of drug-likeness (QED) is 0.806. The Morgan fingerprint density at radius 1 is 1.00 bits per heavy atom. The average Bonchev–Trinajstić information content (AvgIpc) is 3.28. The van der Waals surface area contributed by atoms with Gasteiger partial charge in [-0.05, 0) is 48.3 Å². The summed E-state index contributed by atoms with van der Waals surface area (Å²) >= 11 is 1.45. The standard InChI is InChI=1S/C22H24N2O2S/c25-21(23-14-11-18(12-15-23)17-7-2-1-3-8-17)19-9-4-5-13-24(19)22(26)20-10-6-16-27-20/h1-3,6-8,10-11,16,19H,4-5,9,12-15H2. The van der Waals surface area contributed by atoms with Gasteiger partial charge in [-0.1, -0.05) is 42.5 Å². The lowest BCUT2D eigenvalue weighted by molar-refractivity contribution is -0.136. The minimum Gasteiger partial charge on any atom is -0.337 e. The lowest BCUT2D eigenvalue weighted by Crippen LogP contribution is -2.53. The molecule has 1 saturated heterocycles. The van der Waals surface area contributed by atoms with Gasteiger partial charge in [-0.3, -0.25) is 9.59 Å². The molecular weight excluding hydrogens is 356 g/mol. The van der Waals surface area contributed by atoms with Crippen LogP contribution in [0.2, 0.25) is 0 Å². The molecule has 2 aliphatic heterocycles. The van der Waals surface area contributed by atoms with Crippen LogP contribution in [-0.4, -0.2) is 47.3 Å². The number of hydrogen-bond acceptors (Lipinski definition) is 3. The highest BCUT2D eigenvalue weighted by molar-refractivity contribution is 7.12.